The molecule has 0 aliphatic heterocycles. The molecule has 0 saturated heterocycles. The molecule has 0 saturated carbocycles. The third-order valence-electron chi connectivity index (χ3n) is 4.81. The van der Waals surface area contributed by atoms with E-state index in [1.54, 1.807) is 0 Å². The standard InChI is InChI=1S/C22H23F3N6O3/c1-12-9-15(23)20(25)21(19(12)24)34-11-17(32)16(7-2-3-8-18(26)27)29-22(33)13-5-4-6-14(10-13)30-31-28/h4-6,9-10,16H,2-3,7-8,11H2,1H3,(H3,26,27)(H,29,33)/t16-/m0/s1. The topological polar surface area (TPSA) is 154 Å². The maximum absolute atomic E-state index is 14.2. The van der Waals surface area contributed by atoms with Crippen LogP contribution in [0.3, 0.4) is 0 Å². The fourth-order valence-electron chi connectivity index (χ4n) is 3.05. The third-order valence-corrected chi connectivity index (χ3v) is 4.81. The molecule has 180 valence electrons. The molecule has 4 N–H and O–H groups in total. The van der Waals surface area contributed by atoms with Crippen LogP contribution in [0.25, 0.3) is 10.4 Å². The van der Waals surface area contributed by atoms with E-state index in [4.69, 9.17) is 21.4 Å². The Labute approximate surface area is 193 Å². The molecule has 0 spiro atoms. The van der Waals surface area contributed by atoms with Crippen molar-refractivity contribution in [2.75, 3.05) is 6.61 Å². The van der Waals surface area contributed by atoms with E-state index in [-0.39, 0.29) is 29.1 Å². The average Bonchev–Trinajstić information content (AvgIpc) is 2.79. The average molecular weight is 476 g/mol. The van der Waals surface area contributed by atoms with Crippen molar-refractivity contribution in [2.45, 2.75) is 38.6 Å². The van der Waals surface area contributed by atoms with E-state index >= 15 is 0 Å². The molecule has 0 unspecified atom stereocenters. The first-order valence-corrected chi connectivity index (χ1v) is 10.2. The number of nitrogens with zero attached hydrogens (tertiary/aromatic N) is 3. The molecule has 9 nitrogen and oxygen atoms in total. The molecule has 1 amide bonds. The van der Waals surface area contributed by atoms with Crippen LogP contribution in [-0.4, -0.2) is 30.2 Å². The third kappa shape index (κ3) is 7.24. The Morgan fingerprint density at radius 3 is 2.65 bits per heavy atom. The van der Waals surface area contributed by atoms with E-state index in [1.807, 2.05) is 0 Å². The second-order valence-electron chi connectivity index (χ2n) is 7.42. The molecule has 2 aromatic carbocycles. The van der Waals surface area contributed by atoms with Crippen molar-refractivity contribution >= 4 is 23.2 Å². The number of carbonyl (C=O) groups is 2. The zero-order valence-corrected chi connectivity index (χ0v) is 18.3. The number of aryl methyl sites for hydroxylation is 1. The molecular weight excluding hydrogens is 453 g/mol. The molecule has 0 fully saturated rings. The van der Waals surface area contributed by atoms with Crippen LogP contribution in [0.15, 0.2) is 35.4 Å². The van der Waals surface area contributed by atoms with Crippen molar-refractivity contribution in [1.29, 1.82) is 5.41 Å². The van der Waals surface area contributed by atoms with Gasteiger partial charge in [-0.05, 0) is 49.1 Å². The van der Waals surface area contributed by atoms with Gasteiger partial charge in [0.15, 0.2) is 23.2 Å². The first-order valence-electron chi connectivity index (χ1n) is 10.2. The molecular formula is C22H23F3N6O3. The normalized spacial score (nSPS) is 11.3. The Hall–Kier alpha value is -4.05. The summed E-state index contributed by atoms with van der Waals surface area (Å²) in [7, 11) is 0. The Kier molecular flexibility index (Phi) is 9.45. The summed E-state index contributed by atoms with van der Waals surface area (Å²) in [6, 6.07) is 5.30. The molecule has 34 heavy (non-hydrogen) atoms. The van der Waals surface area contributed by atoms with Gasteiger partial charge in [-0.25, -0.2) is 8.78 Å². The predicted molar refractivity (Wildman–Crippen MR) is 118 cm³/mol. The number of hydrogen-bond acceptors (Lipinski definition) is 5. The number of halogens is 3. The molecule has 2 aromatic rings. The van der Waals surface area contributed by atoms with Crippen LogP contribution in [0, 0.1) is 29.8 Å². The van der Waals surface area contributed by atoms with Crippen molar-refractivity contribution in [3.8, 4) is 5.75 Å². The fourth-order valence-corrected chi connectivity index (χ4v) is 3.05. The minimum absolute atomic E-state index is 0.0301. The highest BCUT2D eigenvalue weighted by Crippen LogP contribution is 2.27. The van der Waals surface area contributed by atoms with Crippen LogP contribution in [0.5, 0.6) is 5.75 Å². The Morgan fingerprint density at radius 1 is 1.24 bits per heavy atom. The van der Waals surface area contributed by atoms with Gasteiger partial charge in [0.25, 0.3) is 5.91 Å². The highest BCUT2D eigenvalue weighted by molar-refractivity contribution is 5.98. The fraction of sp³-hybridized carbons (Fsp3) is 0.318. The van der Waals surface area contributed by atoms with Crippen molar-refractivity contribution in [3.63, 3.8) is 0 Å². The zero-order valence-electron chi connectivity index (χ0n) is 18.3. The molecule has 0 heterocycles. The maximum Gasteiger partial charge on any atom is 0.251 e. The minimum Gasteiger partial charge on any atom is -0.480 e. The van der Waals surface area contributed by atoms with Crippen LogP contribution >= 0.6 is 0 Å². The van der Waals surface area contributed by atoms with E-state index in [2.05, 4.69) is 15.3 Å². The maximum atomic E-state index is 14.2. The van der Waals surface area contributed by atoms with Crippen LogP contribution in [0.1, 0.15) is 41.6 Å². The van der Waals surface area contributed by atoms with Gasteiger partial charge in [0.05, 0.1) is 11.9 Å². The van der Waals surface area contributed by atoms with Crippen molar-refractivity contribution in [1.82, 2.24) is 5.32 Å². The van der Waals surface area contributed by atoms with E-state index in [1.165, 1.54) is 31.2 Å². The van der Waals surface area contributed by atoms with Gasteiger partial charge in [-0.2, -0.15) is 4.39 Å². The number of nitrogens with two attached hydrogens (primary N) is 1. The molecule has 0 aromatic heterocycles. The number of benzene rings is 2. The molecule has 0 radical (unpaired) electrons. The van der Waals surface area contributed by atoms with E-state index < -0.39 is 47.5 Å². The number of Topliss-reactive ketones (excluding diaryl/α,β-unsaturated/α-hetero) is 1. The summed E-state index contributed by atoms with van der Waals surface area (Å²) in [5.74, 6) is -6.43. The summed E-state index contributed by atoms with van der Waals surface area (Å²) in [4.78, 5) is 28.1. The van der Waals surface area contributed by atoms with Crippen molar-refractivity contribution in [2.24, 2.45) is 10.8 Å². The SMILES string of the molecule is Cc1cc(F)c(F)c(OCC(=O)[C@H](CCCCC(=N)N)NC(=O)c2cccc(N=[N+]=[N-])c2)c1F. The van der Waals surface area contributed by atoms with Gasteiger partial charge in [0, 0.05) is 22.6 Å². The second kappa shape index (κ2) is 12.3. The second-order valence-corrected chi connectivity index (χ2v) is 7.42. The molecule has 12 heteroatoms. The summed E-state index contributed by atoms with van der Waals surface area (Å²) >= 11 is 0. The van der Waals surface area contributed by atoms with Gasteiger partial charge >= 0.3 is 0 Å². The lowest BCUT2D eigenvalue weighted by Crippen LogP contribution is -2.43. The smallest absolute Gasteiger partial charge is 0.251 e. The van der Waals surface area contributed by atoms with Gasteiger partial charge < -0.3 is 15.8 Å². The van der Waals surface area contributed by atoms with Crippen molar-refractivity contribution in [3.05, 3.63) is 69.4 Å². The predicted octanol–water partition coefficient (Wildman–Crippen LogP) is 4.60. The number of nitrogens with one attached hydrogen (secondary N) is 2. The number of ketones is 1. The number of unbranched alkanes of at least 4 members (excludes halogenated alkanes) is 1. The van der Waals surface area contributed by atoms with Gasteiger partial charge in [-0.15, -0.1) is 0 Å². The molecule has 1 atom stereocenters. The van der Waals surface area contributed by atoms with Crippen molar-refractivity contribution < 1.29 is 27.5 Å². The number of ether oxygens (including phenoxy) is 1. The summed E-state index contributed by atoms with van der Waals surface area (Å²) in [5.41, 5.74) is 14.0. The van der Waals surface area contributed by atoms with E-state index in [9.17, 15) is 22.8 Å². The lowest BCUT2D eigenvalue weighted by molar-refractivity contribution is -0.123. The van der Waals surface area contributed by atoms with Gasteiger partial charge in [-0.3, -0.25) is 15.0 Å². The highest BCUT2D eigenvalue weighted by atomic mass is 19.2. The molecule has 0 aliphatic rings. The van der Waals surface area contributed by atoms with Crippen LogP contribution in [0.2, 0.25) is 0 Å². The number of carbonyl (C=O) groups excluding carboxylic acids is 2. The van der Waals surface area contributed by atoms with Crippen LogP contribution < -0.4 is 15.8 Å². The van der Waals surface area contributed by atoms with E-state index in [0.717, 1.165) is 0 Å². The number of rotatable bonds is 12. The number of azide groups is 1. The first kappa shape index (κ1) is 26.2. The molecule has 0 bridgehead atoms. The van der Waals surface area contributed by atoms with Gasteiger partial charge in [0.1, 0.15) is 6.61 Å². The monoisotopic (exact) mass is 476 g/mol. The summed E-state index contributed by atoms with van der Waals surface area (Å²) in [6.07, 6.45) is 1.29. The lowest BCUT2D eigenvalue weighted by Gasteiger charge is -2.19. The lowest BCUT2D eigenvalue weighted by atomic mass is 10.0. The largest absolute Gasteiger partial charge is 0.480 e. The highest BCUT2D eigenvalue weighted by Gasteiger charge is 2.24. The molecule has 0 aliphatic carbocycles. The quantitative estimate of drug-likeness (QED) is 0.0779. The summed E-state index contributed by atoms with van der Waals surface area (Å²) < 4.78 is 46.7. The summed E-state index contributed by atoms with van der Waals surface area (Å²) in [6.45, 7) is 0.391. The number of amides is 1. The minimum atomic E-state index is -1.56. The number of amidine groups is 1. The number of hydrogen-bond donors (Lipinski definition) is 3. The Balaban J connectivity index is 2.16. The van der Waals surface area contributed by atoms with Gasteiger partial charge in [-0.1, -0.05) is 23.7 Å². The van der Waals surface area contributed by atoms with E-state index in [0.29, 0.717) is 25.3 Å². The Morgan fingerprint density at radius 2 is 1.97 bits per heavy atom. The Bertz CT molecular complexity index is 1110. The van der Waals surface area contributed by atoms with Gasteiger partial charge in [0.2, 0.25) is 5.82 Å². The van der Waals surface area contributed by atoms with Crippen LogP contribution in [-0.2, 0) is 4.79 Å². The van der Waals surface area contributed by atoms with Crippen LogP contribution in [0.4, 0.5) is 18.9 Å². The summed E-state index contributed by atoms with van der Waals surface area (Å²) in [5, 5.41) is 13.2. The zero-order chi connectivity index (χ0) is 25.3. The molecule has 2 rings (SSSR count). The first-order chi connectivity index (χ1) is 16.1.